The first-order valence-corrected chi connectivity index (χ1v) is 8.03. The Morgan fingerprint density at radius 2 is 2.00 bits per heavy atom. The summed E-state index contributed by atoms with van der Waals surface area (Å²) in [6.45, 7) is 10.1. The SMILES string of the molecule is COCC(NC1CN(C(=O)OC(C)(C)C)CC1C)C1CC1. The normalized spacial score (nSPS) is 27.8. The molecule has 5 heteroatoms. The zero-order valence-electron chi connectivity index (χ0n) is 14.0. The number of carbonyl (C=O) groups excluding carboxylic acids is 1. The molecule has 3 atom stereocenters. The molecule has 1 heterocycles. The molecule has 0 aromatic heterocycles. The first-order chi connectivity index (χ1) is 9.80. The van der Waals surface area contributed by atoms with Crippen molar-refractivity contribution in [1.29, 1.82) is 0 Å². The second-order valence-electron chi connectivity index (χ2n) is 7.54. The molecular formula is C16H30N2O3. The van der Waals surface area contributed by atoms with Gasteiger partial charge in [-0.25, -0.2) is 4.79 Å². The van der Waals surface area contributed by atoms with Crippen LogP contribution in [0.3, 0.4) is 0 Å². The number of amides is 1. The monoisotopic (exact) mass is 298 g/mol. The van der Waals surface area contributed by atoms with Gasteiger partial charge in [-0.15, -0.1) is 0 Å². The van der Waals surface area contributed by atoms with E-state index in [0.717, 1.165) is 25.6 Å². The topological polar surface area (TPSA) is 50.8 Å². The van der Waals surface area contributed by atoms with Gasteiger partial charge >= 0.3 is 6.09 Å². The number of methoxy groups -OCH3 is 1. The summed E-state index contributed by atoms with van der Waals surface area (Å²) in [7, 11) is 1.75. The van der Waals surface area contributed by atoms with Crippen LogP contribution in [0.4, 0.5) is 4.79 Å². The molecule has 0 spiro atoms. The zero-order valence-corrected chi connectivity index (χ0v) is 14.0. The van der Waals surface area contributed by atoms with E-state index in [-0.39, 0.29) is 6.09 Å². The highest BCUT2D eigenvalue weighted by Gasteiger charge is 2.38. The van der Waals surface area contributed by atoms with E-state index in [4.69, 9.17) is 9.47 Å². The highest BCUT2D eigenvalue weighted by molar-refractivity contribution is 5.68. The van der Waals surface area contributed by atoms with Crippen LogP contribution < -0.4 is 5.32 Å². The molecule has 3 unspecified atom stereocenters. The molecule has 0 bridgehead atoms. The maximum atomic E-state index is 12.2. The molecule has 2 fully saturated rings. The summed E-state index contributed by atoms with van der Waals surface area (Å²) in [6.07, 6.45) is 2.38. The number of nitrogens with zero attached hydrogens (tertiary/aromatic N) is 1. The lowest BCUT2D eigenvalue weighted by Crippen LogP contribution is -2.46. The molecule has 2 rings (SSSR count). The summed E-state index contributed by atoms with van der Waals surface area (Å²) in [4.78, 5) is 14.0. The minimum Gasteiger partial charge on any atom is -0.444 e. The van der Waals surface area contributed by atoms with Crippen molar-refractivity contribution in [2.45, 2.75) is 58.2 Å². The van der Waals surface area contributed by atoms with Crippen molar-refractivity contribution < 1.29 is 14.3 Å². The van der Waals surface area contributed by atoms with Crippen molar-refractivity contribution in [2.75, 3.05) is 26.8 Å². The second-order valence-corrected chi connectivity index (χ2v) is 7.54. The summed E-state index contributed by atoms with van der Waals surface area (Å²) in [6, 6.07) is 0.749. The van der Waals surface area contributed by atoms with Gasteiger partial charge in [-0.05, 0) is 45.4 Å². The third-order valence-electron chi connectivity index (χ3n) is 4.23. The third kappa shape index (κ3) is 4.85. The Kier molecular flexibility index (Phi) is 5.15. The van der Waals surface area contributed by atoms with E-state index >= 15 is 0 Å². The Balaban J connectivity index is 1.86. The van der Waals surface area contributed by atoms with Crippen LogP contribution in [-0.2, 0) is 9.47 Å². The van der Waals surface area contributed by atoms with Crippen molar-refractivity contribution in [2.24, 2.45) is 11.8 Å². The van der Waals surface area contributed by atoms with E-state index < -0.39 is 5.60 Å². The van der Waals surface area contributed by atoms with Gasteiger partial charge in [0.1, 0.15) is 5.60 Å². The molecule has 1 aliphatic heterocycles. The number of hydrogen-bond acceptors (Lipinski definition) is 4. The largest absolute Gasteiger partial charge is 0.444 e. The summed E-state index contributed by atoms with van der Waals surface area (Å²) < 4.78 is 10.8. The Labute approximate surface area is 128 Å². The van der Waals surface area contributed by atoms with Gasteiger partial charge in [0, 0.05) is 32.3 Å². The highest BCUT2D eigenvalue weighted by Crippen LogP contribution is 2.33. The van der Waals surface area contributed by atoms with Crippen LogP contribution in [-0.4, -0.2) is 55.5 Å². The van der Waals surface area contributed by atoms with Crippen LogP contribution in [0.2, 0.25) is 0 Å². The van der Waals surface area contributed by atoms with Crippen LogP contribution in [0.1, 0.15) is 40.5 Å². The second kappa shape index (κ2) is 6.53. The van der Waals surface area contributed by atoms with Gasteiger partial charge in [0.15, 0.2) is 0 Å². The molecule has 0 radical (unpaired) electrons. The summed E-state index contributed by atoms with van der Waals surface area (Å²) in [5.74, 6) is 1.18. The average Bonchev–Trinajstić information content (AvgIpc) is 3.12. The fourth-order valence-corrected chi connectivity index (χ4v) is 2.93. The molecule has 2 aliphatic rings. The molecule has 1 saturated carbocycles. The minimum atomic E-state index is -0.432. The van der Waals surface area contributed by atoms with Gasteiger partial charge in [-0.3, -0.25) is 0 Å². The van der Waals surface area contributed by atoms with Gasteiger partial charge in [-0.1, -0.05) is 6.92 Å². The molecular weight excluding hydrogens is 268 g/mol. The van der Waals surface area contributed by atoms with Crippen molar-refractivity contribution in [3.05, 3.63) is 0 Å². The van der Waals surface area contributed by atoms with Crippen LogP contribution in [0, 0.1) is 11.8 Å². The van der Waals surface area contributed by atoms with E-state index in [2.05, 4.69) is 12.2 Å². The highest BCUT2D eigenvalue weighted by atomic mass is 16.6. The number of ether oxygens (including phenoxy) is 2. The number of hydrogen-bond donors (Lipinski definition) is 1. The van der Waals surface area contributed by atoms with E-state index in [9.17, 15) is 4.79 Å². The molecule has 1 amide bonds. The fraction of sp³-hybridized carbons (Fsp3) is 0.938. The quantitative estimate of drug-likeness (QED) is 0.846. The van der Waals surface area contributed by atoms with Gasteiger partial charge in [0.2, 0.25) is 0 Å². The Hall–Kier alpha value is -0.810. The zero-order chi connectivity index (χ0) is 15.6. The van der Waals surface area contributed by atoms with Crippen molar-refractivity contribution in [3.8, 4) is 0 Å². The van der Waals surface area contributed by atoms with Crippen LogP contribution in [0.5, 0.6) is 0 Å². The lowest BCUT2D eigenvalue weighted by molar-refractivity contribution is 0.0285. The van der Waals surface area contributed by atoms with Gasteiger partial charge < -0.3 is 19.7 Å². The molecule has 5 nitrogen and oxygen atoms in total. The third-order valence-corrected chi connectivity index (χ3v) is 4.23. The van der Waals surface area contributed by atoms with E-state index in [1.54, 1.807) is 7.11 Å². The molecule has 0 aromatic rings. The predicted octanol–water partition coefficient (Wildman–Crippen LogP) is 2.26. The summed E-state index contributed by atoms with van der Waals surface area (Å²) in [5.41, 5.74) is -0.432. The molecule has 0 aromatic carbocycles. The lowest BCUT2D eigenvalue weighted by Gasteiger charge is -2.26. The molecule has 122 valence electrons. The number of carbonyl (C=O) groups is 1. The number of likely N-dealkylation sites (tertiary alicyclic amines) is 1. The van der Waals surface area contributed by atoms with Crippen LogP contribution >= 0.6 is 0 Å². The van der Waals surface area contributed by atoms with Gasteiger partial charge in [-0.2, -0.15) is 0 Å². The fourth-order valence-electron chi connectivity index (χ4n) is 2.93. The Bertz CT molecular complexity index is 363. The van der Waals surface area contributed by atoms with Crippen molar-refractivity contribution in [3.63, 3.8) is 0 Å². The predicted molar refractivity (Wildman–Crippen MR) is 82.3 cm³/mol. The summed E-state index contributed by atoms with van der Waals surface area (Å²) in [5, 5.41) is 3.70. The first-order valence-electron chi connectivity index (χ1n) is 8.03. The number of nitrogens with one attached hydrogen (secondary N) is 1. The molecule has 1 aliphatic carbocycles. The Morgan fingerprint density at radius 3 is 2.52 bits per heavy atom. The van der Waals surface area contributed by atoms with E-state index in [1.165, 1.54) is 12.8 Å². The van der Waals surface area contributed by atoms with Gasteiger partial charge in [0.05, 0.1) is 6.61 Å². The van der Waals surface area contributed by atoms with Crippen LogP contribution in [0.15, 0.2) is 0 Å². The smallest absolute Gasteiger partial charge is 0.410 e. The number of rotatable bonds is 5. The first kappa shape index (κ1) is 16.6. The minimum absolute atomic E-state index is 0.201. The van der Waals surface area contributed by atoms with E-state index in [0.29, 0.717) is 18.0 Å². The Morgan fingerprint density at radius 1 is 1.33 bits per heavy atom. The van der Waals surface area contributed by atoms with E-state index in [1.807, 2.05) is 25.7 Å². The van der Waals surface area contributed by atoms with Crippen LogP contribution in [0.25, 0.3) is 0 Å². The molecule has 21 heavy (non-hydrogen) atoms. The molecule has 1 N–H and O–H groups in total. The maximum absolute atomic E-state index is 12.2. The molecule has 1 saturated heterocycles. The lowest BCUT2D eigenvalue weighted by atomic mass is 10.0. The summed E-state index contributed by atoms with van der Waals surface area (Å²) >= 11 is 0. The van der Waals surface area contributed by atoms with Crippen molar-refractivity contribution in [1.82, 2.24) is 10.2 Å². The average molecular weight is 298 g/mol. The standard InChI is InChI=1S/C16H30N2O3/c1-11-8-18(15(19)21-16(2,3)4)9-13(11)17-14(10-20-5)12-6-7-12/h11-14,17H,6-10H2,1-5H3. The van der Waals surface area contributed by atoms with Gasteiger partial charge in [0.25, 0.3) is 0 Å². The maximum Gasteiger partial charge on any atom is 0.410 e. The van der Waals surface area contributed by atoms with Crippen molar-refractivity contribution >= 4 is 6.09 Å².